The van der Waals surface area contributed by atoms with E-state index >= 15 is 0 Å². The molecule has 2 saturated carbocycles. The number of hydrogen-bond acceptors (Lipinski definition) is 5. The Labute approximate surface area is 220 Å². The minimum Gasteiger partial charge on any atom is -0.461 e. The van der Waals surface area contributed by atoms with Gasteiger partial charge in [0, 0.05) is 24.7 Å². The maximum atomic E-state index is 12.5. The summed E-state index contributed by atoms with van der Waals surface area (Å²) in [7, 11) is 0. The minimum atomic E-state index is -0.173. The van der Waals surface area contributed by atoms with Crippen molar-refractivity contribution in [2.24, 2.45) is 34.5 Å². The molecule has 0 N–H and O–H groups in total. The number of Topliss-reactive ketones (excluding diaryl/α,β-unsaturated/α-hetero) is 1. The van der Waals surface area contributed by atoms with Gasteiger partial charge in [0.2, 0.25) is 0 Å². The molecule has 0 unspecified atom stereocenters. The lowest BCUT2D eigenvalue weighted by Crippen LogP contribution is -2.50. The number of esters is 1. The quantitative estimate of drug-likeness (QED) is 0.296. The lowest BCUT2D eigenvalue weighted by molar-refractivity contribution is -0.148. The molecule has 4 aliphatic rings. The summed E-state index contributed by atoms with van der Waals surface area (Å²) >= 11 is 1.38. The van der Waals surface area contributed by atoms with Gasteiger partial charge in [-0.05, 0) is 84.3 Å². The van der Waals surface area contributed by atoms with Gasteiger partial charge in [-0.3, -0.25) is 14.6 Å². The molecule has 5 rings (SSSR count). The minimum absolute atomic E-state index is 0.0195. The highest BCUT2D eigenvalue weighted by Gasteiger charge is 2.57. The summed E-state index contributed by atoms with van der Waals surface area (Å²) in [5.74, 6) is 2.82. The van der Waals surface area contributed by atoms with Crippen molar-refractivity contribution in [2.45, 2.75) is 78.7 Å². The molecule has 0 saturated heterocycles. The molecule has 0 aromatic carbocycles. The summed E-state index contributed by atoms with van der Waals surface area (Å²) in [6.45, 7) is 8.80. The van der Waals surface area contributed by atoms with Gasteiger partial charge in [-0.1, -0.05) is 51.5 Å². The van der Waals surface area contributed by atoms with Gasteiger partial charge in [-0.15, -0.1) is 11.8 Å². The van der Waals surface area contributed by atoms with Crippen LogP contribution in [-0.2, 0) is 14.3 Å². The Balaban J connectivity index is 1.22. The second kappa shape index (κ2) is 10.1. The number of pyridine rings is 1. The Hall–Kier alpha value is -1.88. The van der Waals surface area contributed by atoms with Crippen molar-refractivity contribution in [3.63, 3.8) is 0 Å². The molecule has 4 nitrogen and oxygen atoms in total. The zero-order valence-electron chi connectivity index (χ0n) is 22.3. The second-order valence-corrected chi connectivity index (χ2v) is 13.3. The van der Waals surface area contributed by atoms with Gasteiger partial charge in [0.15, 0.2) is 0 Å². The number of thioether (sulfide) groups is 1. The van der Waals surface area contributed by atoms with Crippen LogP contribution in [0.15, 0.2) is 42.3 Å². The number of carbonyl (C=O) groups is 2. The SMILES string of the molecule is CC(C)C(=O)CSCC(=O)O[C@H]1CC[C@@]2(C)C(=CC[C@@H]3[C@@H]2CC[C@]2(C)C(c4cccnc4)=CC[C@@H]32)C1. The molecular weight excluding hydrogens is 466 g/mol. The van der Waals surface area contributed by atoms with Crippen LogP contribution in [0.3, 0.4) is 0 Å². The predicted molar refractivity (Wildman–Crippen MR) is 146 cm³/mol. The van der Waals surface area contributed by atoms with Crippen LogP contribution in [0.25, 0.3) is 5.57 Å². The Morgan fingerprint density at radius 2 is 1.89 bits per heavy atom. The Morgan fingerprint density at radius 3 is 2.64 bits per heavy atom. The van der Waals surface area contributed by atoms with Crippen LogP contribution in [0, 0.1) is 34.5 Å². The van der Waals surface area contributed by atoms with Crippen LogP contribution in [0.2, 0.25) is 0 Å². The average molecular weight is 508 g/mol. The first-order valence-corrected chi connectivity index (χ1v) is 15.0. The smallest absolute Gasteiger partial charge is 0.316 e. The van der Waals surface area contributed by atoms with Gasteiger partial charge in [-0.2, -0.15) is 0 Å². The molecule has 0 radical (unpaired) electrons. The number of ketones is 1. The number of nitrogens with zero attached hydrogens (tertiary/aromatic N) is 1. The molecule has 0 amide bonds. The Morgan fingerprint density at radius 1 is 1.08 bits per heavy atom. The Kier molecular flexibility index (Phi) is 7.24. The van der Waals surface area contributed by atoms with E-state index in [0.717, 1.165) is 31.6 Å². The third-order valence-corrected chi connectivity index (χ3v) is 10.9. The normalized spacial score (nSPS) is 35.2. The molecule has 1 aromatic heterocycles. The van der Waals surface area contributed by atoms with Crippen LogP contribution in [-0.4, -0.2) is 34.3 Å². The molecule has 5 heteroatoms. The van der Waals surface area contributed by atoms with Crippen LogP contribution in [0.4, 0.5) is 0 Å². The monoisotopic (exact) mass is 507 g/mol. The van der Waals surface area contributed by atoms with Gasteiger partial charge < -0.3 is 4.74 Å². The molecule has 0 bridgehead atoms. The largest absolute Gasteiger partial charge is 0.461 e. The fourth-order valence-electron chi connectivity index (χ4n) is 7.89. The van der Waals surface area contributed by atoms with Crippen molar-refractivity contribution < 1.29 is 14.3 Å². The number of ether oxygens (including phenoxy) is 1. The van der Waals surface area contributed by atoms with Crippen molar-refractivity contribution in [1.82, 2.24) is 4.98 Å². The molecular formula is C31H41NO3S. The van der Waals surface area contributed by atoms with Crippen molar-refractivity contribution in [1.29, 1.82) is 0 Å². The first-order valence-electron chi connectivity index (χ1n) is 13.8. The summed E-state index contributed by atoms with van der Waals surface area (Å²) in [5.41, 5.74) is 4.81. The topological polar surface area (TPSA) is 56.3 Å². The van der Waals surface area contributed by atoms with E-state index in [-0.39, 0.29) is 40.4 Å². The van der Waals surface area contributed by atoms with E-state index in [1.165, 1.54) is 47.7 Å². The highest BCUT2D eigenvalue weighted by molar-refractivity contribution is 8.00. The van der Waals surface area contributed by atoms with Gasteiger partial charge >= 0.3 is 5.97 Å². The Bertz CT molecular complexity index is 1060. The lowest BCUT2D eigenvalue weighted by Gasteiger charge is -2.57. The zero-order valence-corrected chi connectivity index (χ0v) is 23.1. The summed E-state index contributed by atoms with van der Waals surface area (Å²) in [6, 6.07) is 4.28. The van der Waals surface area contributed by atoms with E-state index < -0.39 is 0 Å². The van der Waals surface area contributed by atoms with Crippen LogP contribution < -0.4 is 0 Å². The molecule has 6 atom stereocenters. The van der Waals surface area contributed by atoms with Gasteiger partial charge in [0.1, 0.15) is 11.9 Å². The fourth-order valence-corrected chi connectivity index (χ4v) is 8.76. The molecule has 1 heterocycles. The third kappa shape index (κ3) is 4.61. The number of carbonyl (C=O) groups excluding carboxylic acids is 2. The zero-order chi connectivity index (χ0) is 25.5. The van der Waals surface area contributed by atoms with Crippen molar-refractivity contribution >= 4 is 29.1 Å². The number of aromatic nitrogens is 1. The molecule has 1 aromatic rings. The highest BCUT2D eigenvalue weighted by atomic mass is 32.2. The van der Waals surface area contributed by atoms with E-state index in [1.54, 1.807) is 0 Å². The van der Waals surface area contributed by atoms with Crippen molar-refractivity contribution in [3.05, 3.63) is 47.8 Å². The predicted octanol–water partition coefficient (Wildman–Crippen LogP) is 6.91. The molecule has 194 valence electrons. The molecule has 2 fully saturated rings. The maximum absolute atomic E-state index is 12.5. The van der Waals surface area contributed by atoms with Crippen LogP contribution in [0.5, 0.6) is 0 Å². The van der Waals surface area contributed by atoms with Crippen LogP contribution in [0.1, 0.15) is 78.2 Å². The molecule has 0 spiro atoms. The third-order valence-electron chi connectivity index (χ3n) is 10.0. The number of rotatable bonds is 7. The van der Waals surface area contributed by atoms with E-state index in [4.69, 9.17) is 4.74 Å². The number of fused-ring (bicyclic) bond motifs is 5. The first kappa shape index (κ1) is 25.8. The highest BCUT2D eigenvalue weighted by Crippen LogP contribution is 2.66. The van der Waals surface area contributed by atoms with E-state index in [0.29, 0.717) is 17.6 Å². The first-order chi connectivity index (χ1) is 17.2. The van der Waals surface area contributed by atoms with Crippen molar-refractivity contribution in [2.75, 3.05) is 11.5 Å². The standard InChI is InChI=1S/C31H41NO3S/c1-20(2)28(33)18-36-19-29(34)35-23-11-13-30(3)22(16-23)7-8-24-26-10-9-25(21-6-5-15-32-17-21)31(26,4)14-12-27(24)30/h5-7,9,15,17,20,23-24,26-27H,8,10-14,16,18-19H2,1-4H3/t23-,24-,26-,27-,30-,31+/m0/s1. The number of hydrogen-bond donors (Lipinski definition) is 0. The van der Waals surface area contributed by atoms with E-state index in [2.05, 4.69) is 43.1 Å². The second-order valence-electron chi connectivity index (χ2n) is 12.3. The van der Waals surface area contributed by atoms with Crippen molar-refractivity contribution in [3.8, 4) is 0 Å². The van der Waals surface area contributed by atoms with Gasteiger partial charge in [-0.25, -0.2) is 0 Å². The number of allylic oxidation sites excluding steroid dienone is 3. The summed E-state index contributed by atoms with van der Waals surface area (Å²) in [5, 5.41) is 0. The van der Waals surface area contributed by atoms with Crippen LogP contribution >= 0.6 is 11.8 Å². The van der Waals surface area contributed by atoms with E-state index in [9.17, 15) is 9.59 Å². The average Bonchev–Trinajstić information content (AvgIpc) is 3.22. The summed E-state index contributed by atoms with van der Waals surface area (Å²) in [4.78, 5) is 28.7. The van der Waals surface area contributed by atoms with E-state index in [1.807, 2.05) is 26.2 Å². The summed E-state index contributed by atoms with van der Waals surface area (Å²) in [6.07, 6.45) is 16.7. The molecule has 0 aliphatic heterocycles. The van der Waals surface area contributed by atoms with Gasteiger partial charge in [0.05, 0.1) is 11.5 Å². The summed E-state index contributed by atoms with van der Waals surface area (Å²) < 4.78 is 5.89. The molecule has 36 heavy (non-hydrogen) atoms. The fraction of sp³-hybridized carbons (Fsp3) is 0.645. The van der Waals surface area contributed by atoms with Gasteiger partial charge in [0.25, 0.3) is 0 Å². The lowest BCUT2D eigenvalue weighted by atomic mass is 9.47. The molecule has 4 aliphatic carbocycles. The maximum Gasteiger partial charge on any atom is 0.316 e.